The summed E-state index contributed by atoms with van der Waals surface area (Å²) < 4.78 is 13.9. The summed E-state index contributed by atoms with van der Waals surface area (Å²) in [6, 6.07) is 5.12. The monoisotopic (exact) mass is 368 g/mol. The summed E-state index contributed by atoms with van der Waals surface area (Å²) in [5.74, 6) is 0.0467. The van der Waals surface area contributed by atoms with E-state index < -0.39 is 0 Å². The Balaban J connectivity index is 1.71. The van der Waals surface area contributed by atoms with Crippen molar-refractivity contribution >= 4 is 21.8 Å². The standard InChI is InChI=1S/C17H22BrFN2O/c18-14-11-13(6-7-15(14)19)12-21-10-2-1-5-16(21)17(22)20-8-3-4-9-20/h6-7,11,16H,1-5,8-10,12H2. The van der Waals surface area contributed by atoms with Crippen molar-refractivity contribution in [1.82, 2.24) is 9.80 Å². The van der Waals surface area contributed by atoms with Crippen LogP contribution in [0, 0.1) is 5.82 Å². The molecule has 2 aliphatic heterocycles. The third-order valence-corrected chi connectivity index (χ3v) is 5.29. The highest BCUT2D eigenvalue weighted by molar-refractivity contribution is 9.10. The van der Waals surface area contributed by atoms with Gasteiger partial charge in [-0.3, -0.25) is 9.69 Å². The smallest absolute Gasteiger partial charge is 0.239 e. The number of amides is 1. The summed E-state index contributed by atoms with van der Waals surface area (Å²) in [7, 11) is 0. The van der Waals surface area contributed by atoms with Gasteiger partial charge in [0.2, 0.25) is 5.91 Å². The third kappa shape index (κ3) is 3.51. The molecule has 3 rings (SSSR count). The zero-order valence-electron chi connectivity index (χ0n) is 12.7. The summed E-state index contributed by atoms with van der Waals surface area (Å²) in [5.41, 5.74) is 1.05. The third-order valence-electron chi connectivity index (χ3n) is 4.69. The van der Waals surface area contributed by atoms with Crippen LogP contribution in [0.25, 0.3) is 0 Å². The van der Waals surface area contributed by atoms with Crippen LogP contribution in [-0.2, 0) is 11.3 Å². The van der Waals surface area contributed by atoms with E-state index in [0.29, 0.717) is 16.9 Å². The van der Waals surface area contributed by atoms with Crippen LogP contribution in [0.3, 0.4) is 0 Å². The van der Waals surface area contributed by atoms with Crippen molar-refractivity contribution in [1.29, 1.82) is 0 Å². The summed E-state index contributed by atoms with van der Waals surface area (Å²) in [4.78, 5) is 17.0. The number of piperidine rings is 1. The molecule has 1 amide bonds. The fourth-order valence-corrected chi connectivity index (χ4v) is 3.91. The van der Waals surface area contributed by atoms with E-state index in [-0.39, 0.29) is 11.9 Å². The van der Waals surface area contributed by atoms with Gasteiger partial charge in [-0.25, -0.2) is 4.39 Å². The lowest BCUT2D eigenvalue weighted by molar-refractivity contribution is -0.137. The molecule has 120 valence electrons. The Kier molecular flexibility index (Phi) is 5.14. The molecule has 2 heterocycles. The molecule has 2 saturated heterocycles. The molecule has 2 fully saturated rings. The summed E-state index contributed by atoms with van der Waals surface area (Å²) in [6.45, 7) is 3.47. The van der Waals surface area contributed by atoms with Gasteiger partial charge in [0.15, 0.2) is 0 Å². The molecule has 0 radical (unpaired) electrons. The quantitative estimate of drug-likeness (QED) is 0.814. The second kappa shape index (κ2) is 7.09. The maximum Gasteiger partial charge on any atom is 0.239 e. The molecule has 1 atom stereocenters. The maximum atomic E-state index is 13.4. The summed E-state index contributed by atoms with van der Waals surface area (Å²) >= 11 is 3.24. The highest BCUT2D eigenvalue weighted by atomic mass is 79.9. The zero-order chi connectivity index (χ0) is 15.5. The minimum Gasteiger partial charge on any atom is -0.341 e. The molecule has 0 saturated carbocycles. The molecule has 0 aliphatic carbocycles. The second-order valence-electron chi connectivity index (χ2n) is 6.26. The first kappa shape index (κ1) is 15.9. The molecular formula is C17H22BrFN2O. The molecule has 1 aromatic carbocycles. The van der Waals surface area contributed by atoms with Gasteiger partial charge in [-0.2, -0.15) is 0 Å². The lowest BCUT2D eigenvalue weighted by Crippen LogP contribution is -2.49. The Morgan fingerprint density at radius 1 is 1.18 bits per heavy atom. The van der Waals surface area contributed by atoms with Gasteiger partial charge in [-0.05, 0) is 65.9 Å². The first-order chi connectivity index (χ1) is 10.6. The van der Waals surface area contributed by atoms with E-state index in [1.807, 2.05) is 17.0 Å². The van der Waals surface area contributed by atoms with Crippen LogP contribution in [0.4, 0.5) is 4.39 Å². The number of halogens is 2. The Hall–Kier alpha value is -0.940. The van der Waals surface area contributed by atoms with E-state index >= 15 is 0 Å². The van der Waals surface area contributed by atoms with Crippen LogP contribution in [0.5, 0.6) is 0 Å². The van der Waals surface area contributed by atoms with E-state index in [0.717, 1.165) is 57.3 Å². The lowest BCUT2D eigenvalue weighted by Gasteiger charge is -2.36. The fourth-order valence-electron chi connectivity index (χ4n) is 3.48. The van der Waals surface area contributed by atoms with Crippen LogP contribution in [0.15, 0.2) is 22.7 Å². The number of benzene rings is 1. The molecule has 5 heteroatoms. The molecule has 22 heavy (non-hydrogen) atoms. The van der Waals surface area contributed by atoms with Gasteiger partial charge in [0.05, 0.1) is 10.5 Å². The Bertz CT molecular complexity index is 545. The van der Waals surface area contributed by atoms with Gasteiger partial charge in [0.25, 0.3) is 0 Å². The lowest BCUT2D eigenvalue weighted by atomic mass is 10.00. The molecule has 1 unspecified atom stereocenters. The maximum absolute atomic E-state index is 13.4. The van der Waals surface area contributed by atoms with Crippen LogP contribution < -0.4 is 0 Å². The van der Waals surface area contributed by atoms with Crippen molar-refractivity contribution in [3.8, 4) is 0 Å². The van der Waals surface area contributed by atoms with Crippen molar-refractivity contribution in [3.63, 3.8) is 0 Å². The van der Waals surface area contributed by atoms with E-state index in [9.17, 15) is 9.18 Å². The number of carbonyl (C=O) groups excluding carboxylic acids is 1. The first-order valence-electron chi connectivity index (χ1n) is 8.12. The van der Waals surface area contributed by atoms with Gasteiger partial charge in [0.1, 0.15) is 5.82 Å². The molecule has 2 aliphatic rings. The predicted molar refractivity (Wildman–Crippen MR) is 88.0 cm³/mol. The number of rotatable bonds is 3. The molecule has 1 aromatic rings. The van der Waals surface area contributed by atoms with Crippen LogP contribution in [0.2, 0.25) is 0 Å². The first-order valence-corrected chi connectivity index (χ1v) is 8.91. The highest BCUT2D eigenvalue weighted by Crippen LogP contribution is 2.24. The van der Waals surface area contributed by atoms with E-state index in [2.05, 4.69) is 20.8 Å². The molecule has 0 bridgehead atoms. The van der Waals surface area contributed by atoms with Crippen molar-refractivity contribution in [3.05, 3.63) is 34.1 Å². The van der Waals surface area contributed by atoms with Crippen LogP contribution in [0.1, 0.15) is 37.7 Å². The summed E-state index contributed by atoms with van der Waals surface area (Å²) in [6.07, 6.45) is 5.45. The normalized spacial score (nSPS) is 23.0. The zero-order valence-corrected chi connectivity index (χ0v) is 14.3. The Morgan fingerprint density at radius 2 is 1.91 bits per heavy atom. The van der Waals surface area contributed by atoms with Crippen LogP contribution >= 0.6 is 15.9 Å². The number of carbonyl (C=O) groups is 1. The number of hydrogen-bond donors (Lipinski definition) is 0. The van der Waals surface area contributed by atoms with Gasteiger partial charge >= 0.3 is 0 Å². The minimum absolute atomic E-state index is 0.00400. The highest BCUT2D eigenvalue weighted by Gasteiger charge is 2.32. The largest absolute Gasteiger partial charge is 0.341 e. The Labute approximate surface area is 139 Å². The molecular weight excluding hydrogens is 347 g/mol. The SMILES string of the molecule is O=C(C1CCCCN1Cc1ccc(F)c(Br)c1)N1CCCC1. The van der Waals surface area contributed by atoms with Crippen molar-refractivity contribution in [2.45, 2.75) is 44.7 Å². The van der Waals surface area contributed by atoms with Gasteiger partial charge < -0.3 is 4.90 Å². The second-order valence-corrected chi connectivity index (χ2v) is 7.12. The van der Waals surface area contributed by atoms with Gasteiger partial charge in [-0.15, -0.1) is 0 Å². The topological polar surface area (TPSA) is 23.6 Å². The molecule has 0 N–H and O–H groups in total. The van der Waals surface area contributed by atoms with E-state index in [1.54, 1.807) is 0 Å². The van der Waals surface area contributed by atoms with E-state index in [1.165, 1.54) is 6.07 Å². The van der Waals surface area contributed by atoms with Crippen molar-refractivity contribution in [2.75, 3.05) is 19.6 Å². The van der Waals surface area contributed by atoms with Crippen LogP contribution in [-0.4, -0.2) is 41.4 Å². The summed E-state index contributed by atoms with van der Waals surface area (Å²) in [5, 5.41) is 0. The van der Waals surface area contributed by atoms with Gasteiger partial charge in [-0.1, -0.05) is 12.5 Å². The molecule has 3 nitrogen and oxygen atoms in total. The number of nitrogens with zero attached hydrogens (tertiary/aromatic N) is 2. The predicted octanol–water partition coefficient (Wildman–Crippen LogP) is 3.57. The minimum atomic E-state index is -0.243. The fraction of sp³-hybridized carbons (Fsp3) is 0.588. The van der Waals surface area contributed by atoms with Gasteiger partial charge in [0, 0.05) is 19.6 Å². The molecule has 0 aromatic heterocycles. The van der Waals surface area contributed by atoms with E-state index in [4.69, 9.17) is 0 Å². The van der Waals surface area contributed by atoms with Crippen molar-refractivity contribution in [2.24, 2.45) is 0 Å². The number of hydrogen-bond acceptors (Lipinski definition) is 2. The Morgan fingerprint density at radius 3 is 2.64 bits per heavy atom. The van der Waals surface area contributed by atoms with Crippen molar-refractivity contribution < 1.29 is 9.18 Å². The molecule has 0 spiro atoms. The average molecular weight is 369 g/mol. The average Bonchev–Trinajstić information content (AvgIpc) is 3.05. The number of likely N-dealkylation sites (tertiary alicyclic amines) is 2.